The van der Waals surface area contributed by atoms with Gasteiger partial charge in [-0.1, -0.05) is 13.3 Å². The molecule has 1 heterocycles. The number of aryl methyl sites for hydroxylation is 1. The maximum Gasteiger partial charge on any atom is 0.268 e. The summed E-state index contributed by atoms with van der Waals surface area (Å²) in [7, 11) is 0. The highest BCUT2D eigenvalue weighted by molar-refractivity contribution is 7.09. The van der Waals surface area contributed by atoms with Crippen molar-refractivity contribution < 1.29 is 4.79 Å². The normalized spacial score (nSPS) is 10.1. The van der Waals surface area contributed by atoms with Crippen LogP contribution in [0, 0.1) is 0 Å². The fourth-order valence-electron chi connectivity index (χ4n) is 0.867. The molecule has 12 heavy (non-hydrogen) atoms. The highest BCUT2D eigenvalue weighted by Crippen LogP contribution is 2.11. The lowest BCUT2D eigenvalue weighted by atomic mass is 10.3. The number of amides is 1. The Labute approximate surface area is 75.6 Å². The van der Waals surface area contributed by atoms with E-state index in [1.807, 2.05) is 0 Å². The van der Waals surface area contributed by atoms with Gasteiger partial charge >= 0.3 is 0 Å². The van der Waals surface area contributed by atoms with Crippen LogP contribution in [-0.2, 0) is 6.42 Å². The van der Waals surface area contributed by atoms with Crippen LogP contribution in [0.5, 0.6) is 0 Å². The van der Waals surface area contributed by atoms with Crippen LogP contribution in [0.1, 0.15) is 35.3 Å². The Hall–Kier alpha value is -0.900. The van der Waals surface area contributed by atoms with Crippen molar-refractivity contribution in [2.75, 3.05) is 0 Å². The van der Waals surface area contributed by atoms with Gasteiger partial charge in [0.05, 0.1) is 5.01 Å². The Morgan fingerprint density at radius 1 is 1.75 bits per heavy atom. The van der Waals surface area contributed by atoms with E-state index in [2.05, 4.69) is 11.9 Å². The highest BCUT2D eigenvalue weighted by atomic mass is 32.1. The predicted octanol–water partition coefficient (Wildman–Crippen LogP) is 1.58. The van der Waals surface area contributed by atoms with Crippen molar-refractivity contribution in [1.29, 1.82) is 0 Å². The average Bonchev–Trinajstić information content (AvgIpc) is 2.48. The molecule has 0 spiro atoms. The van der Waals surface area contributed by atoms with Crippen LogP contribution in [0.2, 0.25) is 0 Å². The van der Waals surface area contributed by atoms with Crippen molar-refractivity contribution in [2.24, 2.45) is 5.73 Å². The molecule has 1 rings (SSSR count). The van der Waals surface area contributed by atoms with Gasteiger partial charge in [0.15, 0.2) is 0 Å². The number of hydrogen-bond donors (Lipinski definition) is 1. The van der Waals surface area contributed by atoms with Gasteiger partial charge in [-0.3, -0.25) is 4.79 Å². The first-order valence-corrected chi connectivity index (χ1v) is 4.86. The van der Waals surface area contributed by atoms with Crippen molar-refractivity contribution in [3.8, 4) is 0 Å². The van der Waals surface area contributed by atoms with Crippen molar-refractivity contribution in [2.45, 2.75) is 26.2 Å². The number of nitrogens with zero attached hydrogens (tertiary/aromatic N) is 1. The zero-order valence-electron chi connectivity index (χ0n) is 7.04. The topological polar surface area (TPSA) is 56.0 Å². The summed E-state index contributed by atoms with van der Waals surface area (Å²) in [6.45, 7) is 2.13. The standard InChI is InChI=1S/C8H12N2OS/c1-2-3-4-7-10-6(5-12-7)8(9)11/h5H,2-4H2,1H3,(H2,9,11). The third kappa shape index (κ3) is 2.30. The van der Waals surface area contributed by atoms with E-state index in [9.17, 15) is 4.79 Å². The summed E-state index contributed by atoms with van der Waals surface area (Å²) in [5.74, 6) is -0.436. The number of nitrogens with two attached hydrogens (primary N) is 1. The van der Waals surface area contributed by atoms with E-state index in [1.54, 1.807) is 5.38 Å². The molecule has 4 heteroatoms. The van der Waals surface area contributed by atoms with Gasteiger partial charge in [0.2, 0.25) is 0 Å². The quantitative estimate of drug-likeness (QED) is 0.772. The highest BCUT2D eigenvalue weighted by Gasteiger charge is 2.05. The van der Waals surface area contributed by atoms with Gasteiger partial charge in [0, 0.05) is 5.38 Å². The molecule has 3 nitrogen and oxygen atoms in total. The summed E-state index contributed by atoms with van der Waals surface area (Å²) < 4.78 is 0. The van der Waals surface area contributed by atoms with Crippen LogP contribution in [0.4, 0.5) is 0 Å². The minimum atomic E-state index is -0.436. The Morgan fingerprint density at radius 2 is 2.50 bits per heavy atom. The van der Waals surface area contributed by atoms with Gasteiger partial charge in [0.1, 0.15) is 5.69 Å². The minimum Gasteiger partial charge on any atom is -0.364 e. The molecule has 0 atom stereocenters. The zero-order chi connectivity index (χ0) is 8.97. The van der Waals surface area contributed by atoms with Gasteiger partial charge in [0.25, 0.3) is 5.91 Å². The van der Waals surface area contributed by atoms with Gasteiger partial charge in [-0.25, -0.2) is 4.98 Å². The van der Waals surface area contributed by atoms with Crippen LogP contribution in [-0.4, -0.2) is 10.9 Å². The maximum absolute atomic E-state index is 10.7. The summed E-state index contributed by atoms with van der Waals surface area (Å²) in [5, 5.41) is 2.72. The molecule has 0 fully saturated rings. The summed E-state index contributed by atoms with van der Waals surface area (Å²) in [6, 6.07) is 0. The van der Waals surface area contributed by atoms with Gasteiger partial charge in [-0.2, -0.15) is 0 Å². The van der Waals surface area contributed by atoms with Crippen molar-refractivity contribution in [3.05, 3.63) is 16.1 Å². The van der Waals surface area contributed by atoms with E-state index in [-0.39, 0.29) is 0 Å². The van der Waals surface area contributed by atoms with Crippen molar-refractivity contribution in [1.82, 2.24) is 4.98 Å². The van der Waals surface area contributed by atoms with Crippen LogP contribution >= 0.6 is 11.3 Å². The third-order valence-corrected chi connectivity index (χ3v) is 2.46. The van der Waals surface area contributed by atoms with Crippen LogP contribution in [0.3, 0.4) is 0 Å². The summed E-state index contributed by atoms with van der Waals surface area (Å²) in [4.78, 5) is 14.7. The molecule has 0 radical (unpaired) electrons. The van der Waals surface area contributed by atoms with Gasteiger partial charge in [-0.15, -0.1) is 11.3 Å². The molecule has 1 amide bonds. The minimum absolute atomic E-state index is 0.395. The molecule has 2 N–H and O–H groups in total. The number of aromatic nitrogens is 1. The molecule has 0 aliphatic rings. The Kier molecular flexibility index (Phi) is 3.22. The van der Waals surface area contributed by atoms with E-state index >= 15 is 0 Å². The first-order chi connectivity index (χ1) is 5.74. The predicted molar refractivity (Wildman–Crippen MR) is 49.2 cm³/mol. The molecule has 0 aliphatic carbocycles. The largest absolute Gasteiger partial charge is 0.364 e. The van der Waals surface area contributed by atoms with Crippen LogP contribution < -0.4 is 5.73 Å². The number of thiazole rings is 1. The van der Waals surface area contributed by atoms with Crippen molar-refractivity contribution >= 4 is 17.2 Å². The fourth-order valence-corrected chi connectivity index (χ4v) is 1.70. The monoisotopic (exact) mass is 184 g/mol. The molecular formula is C8H12N2OS. The molecule has 1 aromatic rings. The van der Waals surface area contributed by atoms with Crippen LogP contribution in [0.15, 0.2) is 5.38 Å². The summed E-state index contributed by atoms with van der Waals surface area (Å²) in [5.41, 5.74) is 5.46. The molecule has 66 valence electrons. The molecular weight excluding hydrogens is 172 g/mol. The first-order valence-electron chi connectivity index (χ1n) is 3.98. The second kappa shape index (κ2) is 4.21. The third-order valence-electron chi connectivity index (χ3n) is 1.55. The molecule has 0 aromatic carbocycles. The molecule has 1 aromatic heterocycles. The zero-order valence-corrected chi connectivity index (χ0v) is 7.86. The number of carbonyl (C=O) groups excluding carboxylic acids is 1. The lowest BCUT2D eigenvalue weighted by Gasteiger charge is -1.90. The Balaban J connectivity index is 2.58. The molecule has 0 unspecified atom stereocenters. The maximum atomic E-state index is 10.7. The smallest absolute Gasteiger partial charge is 0.268 e. The Bertz CT molecular complexity index is 270. The second-order valence-corrected chi connectivity index (χ2v) is 3.54. The number of unbranched alkanes of at least 4 members (excludes halogenated alkanes) is 1. The molecule has 0 aliphatic heterocycles. The molecule has 0 bridgehead atoms. The number of carbonyl (C=O) groups is 1. The number of hydrogen-bond acceptors (Lipinski definition) is 3. The summed E-state index contributed by atoms with van der Waals surface area (Å²) >= 11 is 1.51. The lowest BCUT2D eigenvalue weighted by molar-refractivity contribution is 0.0996. The lowest BCUT2D eigenvalue weighted by Crippen LogP contribution is -2.11. The second-order valence-electron chi connectivity index (χ2n) is 2.59. The van der Waals surface area contributed by atoms with Gasteiger partial charge < -0.3 is 5.73 Å². The number of rotatable bonds is 4. The van der Waals surface area contributed by atoms with E-state index in [0.717, 1.165) is 24.3 Å². The van der Waals surface area contributed by atoms with E-state index < -0.39 is 5.91 Å². The average molecular weight is 184 g/mol. The van der Waals surface area contributed by atoms with Gasteiger partial charge in [-0.05, 0) is 12.8 Å². The molecule has 0 saturated heterocycles. The number of primary amides is 1. The fraction of sp³-hybridized carbons (Fsp3) is 0.500. The SMILES string of the molecule is CCCCc1nc(C(N)=O)cs1. The first kappa shape index (κ1) is 9.19. The van der Waals surface area contributed by atoms with Crippen LogP contribution in [0.25, 0.3) is 0 Å². The van der Waals surface area contributed by atoms with Crippen molar-refractivity contribution in [3.63, 3.8) is 0 Å². The Morgan fingerprint density at radius 3 is 3.00 bits per heavy atom. The summed E-state index contributed by atoms with van der Waals surface area (Å²) in [6.07, 6.45) is 3.21. The molecule has 0 saturated carbocycles. The van der Waals surface area contributed by atoms with E-state index in [1.165, 1.54) is 11.3 Å². The van der Waals surface area contributed by atoms with E-state index in [4.69, 9.17) is 5.73 Å². The van der Waals surface area contributed by atoms with E-state index in [0.29, 0.717) is 5.69 Å².